The summed E-state index contributed by atoms with van der Waals surface area (Å²) in [6.45, 7) is 1.63. The Morgan fingerprint density at radius 2 is 2.05 bits per heavy atom. The van der Waals surface area contributed by atoms with E-state index in [4.69, 9.17) is 5.26 Å². The molecule has 1 aromatic carbocycles. The summed E-state index contributed by atoms with van der Waals surface area (Å²) in [4.78, 5) is 0. The molecule has 1 aromatic heterocycles. The summed E-state index contributed by atoms with van der Waals surface area (Å²) >= 11 is 0. The zero-order valence-corrected chi connectivity index (χ0v) is 12.6. The number of fused-ring (bicyclic) bond motifs is 1. The van der Waals surface area contributed by atoms with Gasteiger partial charge in [0.25, 0.3) is 0 Å². The first-order valence-corrected chi connectivity index (χ1v) is 8.74. The summed E-state index contributed by atoms with van der Waals surface area (Å²) in [6.07, 6.45) is 4.78. The lowest BCUT2D eigenvalue weighted by molar-refractivity contribution is 0.455. The Balaban J connectivity index is 2.25. The lowest BCUT2D eigenvalue weighted by atomic mass is 9.90. The number of piperidine rings is 1. The highest BCUT2D eigenvalue weighted by Gasteiger charge is 2.23. The first-order valence-electron chi connectivity index (χ1n) is 6.89. The van der Waals surface area contributed by atoms with Gasteiger partial charge in [-0.3, -0.25) is 0 Å². The third-order valence-corrected chi connectivity index (χ3v) is 5.02. The summed E-state index contributed by atoms with van der Waals surface area (Å²) < 4.78 is 25.3. The molecule has 6 heteroatoms. The maximum Gasteiger partial charge on any atom is 0.236 e. The smallest absolute Gasteiger partial charge is 0.236 e. The van der Waals surface area contributed by atoms with Crippen LogP contribution in [0.5, 0.6) is 0 Å². The molecule has 0 aliphatic carbocycles. The van der Waals surface area contributed by atoms with Gasteiger partial charge >= 0.3 is 0 Å². The van der Waals surface area contributed by atoms with Crippen molar-refractivity contribution in [1.29, 1.82) is 5.26 Å². The molecule has 1 saturated heterocycles. The van der Waals surface area contributed by atoms with Crippen LogP contribution in [0.2, 0.25) is 0 Å². The van der Waals surface area contributed by atoms with Gasteiger partial charge in [-0.2, -0.15) is 5.26 Å². The van der Waals surface area contributed by atoms with Gasteiger partial charge in [0.05, 0.1) is 23.4 Å². The Hall–Kier alpha value is -1.84. The lowest BCUT2D eigenvalue weighted by Crippen LogP contribution is -2.20. The summed E-state index contributed by atoms with van der Waals surface area (Å²) in [5.74, 6) is 0.307. The summed E-state index contributed by atoms with van der Waals surface area (Å²) in [5, 5.41) is 14.3. The molecule has 0 atom stereocenters. The number of benzene rings is 1. The molecule has 0 spiro atoms. The first-order chi connectivity index (χ1) is 10.0. The van der Waals surface area contributed by atoms with Crippen molar-refractivity contribution < 1.29 is 8.42 Å². The van der Waals surface area contributed by atoms with Crippen LogP contribution < -0.4 is 5.32 Å². The first kappa shape index (κ1) is 14.1. The predicted molar refractivity (Wildman–Crippen MR) is 80.7 cm³/mol. The van der Waals surface area contributed by atoms with Gasteiger partial charge in [-0.15, -0.1) is 0 Å². The Kier molecular flexibility index (Phi) is 3.47. The third kappa shape index (κ3) is 2.55. The molecule has 1 aliphatic rings. The van der Waals surface area contributed by atoms with Gasteiger partial charge in [0, 0.05) is 24.7 Å². The Morgan fingerprint density at radius 1 is 1.33 bits per heavy atom. The largest absolute Gasteiger partial charge is 0.245 e. The molecule has 1 radical (unpaired) electrons. The minimum atomic E-state index is -3.36. The van der Waals surface area contributed by atoms with Crippen LogP contribution in [0, 0.1) is 11.3 Å². The monoisotopic (exact) mass is 302 g/mol. The van der Waals surface area contributed by atoms with Crippen LogP contribution in [-0.2, 0) is 10.0 Å². The molecule has 1 fully saturated rings. The highest BCUT2D eigenvalue weighted by molar-refractivity contribution is 7.89. The quantitative estimate of drug-likeness (QED) is 0.848. The fourth-order valence-electron chi connectivity index (χ4n) is 2.96. The van der Waals surface area contributed by atoms with E-state index in [0.717, 1.165) is 36.9 Å². The second-order valence-corrected chi connectivity index (χ2v) is 7.29. The maximum absolute atomic E-state index is 12.0. The minimum Gasteiger partial charge on any atom is -0.245 e. The summed E-state index contributed by atoms with van der Waals surface area (Å²) in [6, 6.07) is 7.28. The number of hydrogen-bond donors (Lipinski definition) is 0. The Bertz CT molecular complexity index is 824. The molecule has 0 N–H and O–H groups in total. The van der Waals surface area contributed by atoms with E-state index in [9.17, 15) is 8.42 Å². The molecule has 109 valence electrons. The van der Waals surface area contributed by atoms with Gasteiger partial charge < -0.3 is 0 Å². The van der Waals surface area contributed by atoms with Crippen molar-refractivity contribution in [3.63, 3.8) is 0 Å². The van der Waals surface area contributed by atoms with Gasteiger partial charge in [0.2, 0.25) is 10.0 Å². The van der Waals surface area contributed by atoms with Gasteiger partial charge in [-0.25, -0.2) is 17.7 Å². The van der Waals surface area contributed by atoms with Crippen LogP contribution in [0.3, 0.4) is 0 Å². The van der Waals surface area contributed by atoms with Gasteiger partial charge in [-0.1, -0.05) is 0 Å². The van der Waals surface area contributed by atoms with Crippen molar-refractivity contribution in [2.75, 3.05) is 19.3 Å². The lowest BCUT2D eigenvalue weighted by Gasteiger charge is -2.21. The Labute approximate surface area is 124 Å². The van der Waals surface area contributed by atoms with Gasteiger partial charge in [0.1, 0.15) is 0 Å². The molecule has 0 amide bonds. The van der Waals surface area contributed by atoms with Gasteiger partial charge in [0.15, 0.2) is 0 Å². The molecule has 5 nitrogen and oxygen atoms in total. The van der Waals surface area contributed by atoms with Crippen molar-refractivity contribution >= 4 is 20.9 Å². The molecular weight excluding hydrogens is 286 g/mol. The van der Waals surface area contributed by atoms with Crippen LogP contribution in [0.15, 0.2) is 24.4 Å². The molecule has 2 heterocycles. The topological polar surface area (TPSA) is 77.0 Å². The zero-order valence-electron chi connectivity index (χ0n) is 11.8. The molecule has 0 saturated carbocycles. The minimum absolute atomic E-state index is 0.307. The molecule has 0 bridgehead atoms. The number of aromatic nitrogens is 1. The van der Waals surface area contributed by atoms with Crippen LogP contribution >= 0.6 is 0 Å². The van der Waals surface area contributed by atoms with E-state index in [0.29, 0.717) is 17.0 Å². The van der Waals surface area contributed by atoms with Crippen LogP contribution in [0.1, 0.15) is 29.9 Å². The highest BCUT2D eigenvalue weighted by Crippen LogP contribution is 2.34. The summed E-state index contributed by atoms with van der Waals surface area (Å²) in [5.41, 5.74) is 2.21. The normalized spacial score (nSPS) is 17.0. The number of nitriles is 1. The van der Waals surface area contributed by atoms with E-state index in [1.807, 2.05) is 0 Å². The molecule has 0 unspecified atom stereocenters. The predicted octanol–water partition coefficient (Wildman–Crippen LogP) is 1.80. The molecule has 3 rings (SSSR count). The average Bonchev–Trinajstić information content (AvgIpc) is 2.86. The van der Waals surface area contributed by atoms with Crippen molar-refractivity contribution in [2.24, 2.45) is 0 Å². The SMILES string of the molecule is CS(=O)(=O)n1cc(C2CC[N]CC2)c2cc(C#N)ccc21. The fraction of sp³-hybridized carbons (Fsp3) is 0.400. The van der Waals surface area contributed by atoms with Crippen LogP contribution in [-0.4, -0.2) is 31.7 Å². The van der Waals surface area contributed by atoms with Crippen molar-refractivity contribution in [3.8, 4) is 6.07 Å². The standard InChI is InChI=1S/C15H16N3O2S/c1-21(19,20)18-10-14(12-4-6-17-7-5-12)13-8-11(9-16)2-3-15(13)18/h2-3,8,10,12H,4-7H2,1H3. The number of nitrogens with zero attached hydrogens (tertiary/aromatic N) is 3. The van der Waals surface area contributed by atoms with Gasteiger partial charge in [-0.05, 0) is 42.5 Å². The van der Waals surface area contributed by atoms with Crippen molar-refractivity contribution in [3.05, 3.63) is 35.5 Å². The van der Waals surface area contributed by atoms with E-state index < -0.39 is 10.0 Å². The maximum atomic E-state index is 12.0. The van der Waals surface area contributed by atoms with Crippen molar-refractivity contribution in [1.82, 2.24) is 9.29 Å². The average molecular weight is 302 g/mol. The molecule has 2 aromatic rings. The van der Waals surface area contributed by atoms with E-state index >= 15 is 0 Å². The molecule has 21 heavy (non-hydrogen) atoms. The van der Waals surface area contributed by atoms with E-state index in [2.05, 4.69) is 11.4 Å². The molecular formula is C15H16N3O2S. The number of hydrogen-bond acceptors (Lipinski definition) is 3. The fourth-order valence-corrected chi connectivity index (χ4v) is 3.78. The third-order valence-electron chi connectivity index (χ3n) is 4.00. The second kappa shape index (κ2) is 5.17. The van der Waals surface area contributed by atoms with E-state index in [1.165, 1.54) is 10.2 Å². The number of rotatable bonds is 2. The summed E-state index contributed by atoms with van der Waals surface area (Å²) in [7, 11) is -3.36. The molecule has 1 aliphatic heterocycles. The van der Waals surface area contributed by atoms with Crippen LogP contribution in [0.4, 0.5) is 0 Å². The van der Waals surface area contributed by atoms with Crippen LogP contribution in [0.25, 0.3) is 10.9 Å². The van der Waals surface area contributed by atoms with E-state index in [1.54, 1.807) is 24.4 Å². The van der Waals surface area contributed by atoms with E-state index in [-0.39, 0.29) is 0 Å². The van der Waals surface area contributed by atoms with Crippen molar-refractivity contribution in [2.45, 2.75) is 18.8 Å². The second-order valence-electron chi connectivity index (χ2n) is 5.43. The Morgan fingerprint density at radius 3 is 2.67 bits per heavy atom. The highest BCUT2D eigenvalue weighted by atomic mass is 32.2. The zero-order chi connectivity index (χ0) is 15.0.